The normalized spacial score (nSPS) is 13.1. The van der Waals surface area contributed by atoms with E-state index in [0.29, 0.717) is 5.82 Å². The van der Waals surface area contributed by atoms with Gasteiger partial charge in [-0.05, 0) is 12.1 Å². The molecule has 0 saturated carbocycles. The van der Waals surface area contributed by atoms with Gasteiger partial charge in [-0.15, -0.1) is 0 Å². The van der Waals surface area contributed by atoms with Crippen molar-refractivity contribution in [1.29, 1.82) is 0 Å². The molecule has 1 unspecified atom stereocenters. The zero-order valence-corrected chi connectivity index (χ0v) is 9.54. The molecule has 0 bridgehead atoms. The van der Waals surface area contributed by atoms with Gasteiger partial charge in [0.1, 0.15) is 5.82 Å². The van der Waals surface area contributed by atoms with E-state index in [4.69, 9.17) is 0 Å². The van der Waals surface area contributed by atoms with Gasteiger partial charge in [0, 0.05) is 7.05 Å². The van der Waals surface area contributed by atoms with Gasteiger partial charge < -0.3 is 9.67 Å². The Morgan fingerprint density at radius 3 is 2.82 bits per heavy atom. The van der Waals surface area contributed by atoms with E-state index >= 15 is 0 Å². The summed E-state index contributed by atoms with van der Waals surface area (Å²) in [6.07, 6.45) is -0.664. The maximum atomic E-state index is 10.3. The number of hydrogen-bond donors (Lipinski definition) is 1. The smallest absolute Gasteiger partial charge is 0.130 e. The van der Waals surface area contributed by atoms with Gasteiger partial charge in [-0.3, -0.25) is 0 Å². The van der Waals surface area contributed by atoms with E-state index in [1.54, 1.807) is 0 Å². The highest BCUT2D eigenvalue weighted by Crippen LogP contribution is 2.24. The standard InChI is InChI=1S/C14H13N2O/c1-16-12-9-5-4-8-11(12)15-14(16)13(17)10-6-2-3-7-10/h2-9,13,17H,1H3/q-1. The van der Waals surface area contributed by atoms with Crippen molar-refractivity contribution in [1.82, 2.24) is 9.55 Å². The third kappa shape index (κ3) is 1.56. The molecule has 0 spiro atoms. The third-order valence-corrected chi connectivity index (χ3v) is 3.07. The number of aliphatic hydroxyl groups is 1. The zero-order valence-electron chi connectivity index (χ0n) is 9.54. The number of fused-ring (bicyclic) bond motifs is 1. The van der Waals surface area contributed by atoms with E-state index < -0.39 is 6.10 Å². The molecular formula is C14H13N2O-. The number of benzene rings is 1. The summed E-state index contributed by atoms with van der Waals surface area (Å²) in [7, 11) is 1.93. The summed E-state index contributed by atoms with van der Waals surface area (Å²) in [5.41, 5.74) is 2.83. The quantitative estimate of drug-likeness (QED) is 0.680. The number of nitrogens with zero attached hydrogens (tertiary/aromatic N) is 2. The lowest BCUT2D eigenvalue weighted by atomic mass is 10.2. The number of imidazole rings is 1. The zero-order chi connectivity index (χ0) is 11.8. The molecule has 0 amide bonds. The van der Waals surface area contributed by atoms with Crippen LogP contribution in [0.25, 0.3) is 11.0 Å². The second-order valence-corrected chi connectivity index (χ2v) is 4.14. The molecule has 17 heavy (non-hydrogen) atoms. The van der Waals surface area contributed by atoms with E-state index in [1.165, 1.54) is 0 Å². The molecule has 0 aliphatic carbocycles. The summed E-state index contributed by atoms with van der Waals surface area (Å²) < 4.78 is 1.94. The molecule has 0 aliphatic heterocycles. The summed E-state index contributed by atoms with van der Waals surface area (Å²) in [4.78, 5) is 4.48. The molecule has 3 heteroatoms. The second-order valence-electron chi connectivity index (χ2n) is 4.14. The number of aromatic nitrogens is 2. The van der Waals surface area contributed by atoms with Gasteiger partial charge in [0.05, 0.1) is 17.1 Å². The number of aryl methyl sites for hydroxylation is 1. The summed E-state index contributed by atoms with van der Waals surface area (Å²) >= 11 is 0. The minimum atomic E-state index is -0.664. The fraction of sp³-hybridized carbons (Fsp3) is 0.143. The summed E-state index contributed by atoms with van der Waals surface area (Å²) in [5, 5.41) is 10.3. The van der Waals surface area contributed by atoms with Crippen molar-refractivity contribution in [3.63, 3.8) is 0 Å². The molecule has 3 aromatic rings. The number of hydrogen-bond acceptors (Lipinski definition) is 2. The molecule has 1 N–H and O–H groups in total. The third-order valence-electron chi connectivity index (χ3n) is 3.07. The van der Waals surface area contributed by atoms with Crippen LogP contribution in [0.3, 0.4) is 0 Å². The Kier molecular flexibility index (Phi) is 2.27. The molecule has 0 saturated heterocycles. The largest absolute Gasteiger partial charge is 0.394 e. The van der Waals surface area contributed by atoms with Crippen LogP contribution in [0.5, 0.6) is 0 Å². The first-order chi connectivity index (χ1) is 8.27. The molecule has 0 aliphatic rings. The lowest BCUT2D eigenvalue weighted by Crippen LogP contribution is -2.06. The van der Waals surface area contributed by atoms with Gasteiger partial charge in [-0.25, -0.2) is 11.1 Å². The SMILES string of the molecule is Cn1c(C(O)c2cc[cH-]c2)nc2ccccc21. The Labute approximate surface area is 99.3 Å². The summed E-state index contributed by atoms with van der Waals surface area (Å²) in [6, 6.07) is 15.5. The lowest BCUT2D eigenvalue weighted by Gasteiger charge is -2.14. The minimum absolute atomic E-state index is 0.664. The molecule has 3 nitrogen and oxygen atoms in total. The highest BCUT2D eigenvalue weighted by Gasteiger charge is 2.13. The first-order valence-corrected chi connectivity index (χ1v) is 5.58. The van der Waals surface area contributed by atoms with Crippen molar-refractivity contribution < 1.29 is 5.11 Å². The van der Waals surface area contributed by atoms with Crippen molar-refractivity contribution in [2.24, 2.45) is 7.05 Å². The van der Waals surface area contributed by atoms with Gasteiger partial charge in [0.25, 0.3) is 0 Å². The van der Waals surface area contributed by atoms with Crippen LogP contribution in [0.1, 0.15) is 17.5 Å². The average Bonchev–Trinajstić information content (AvgIpc) is 2.97. The average molecular weight is 225 g/mol. The van der Waals surface area contributed by atoms with Crippen LogP contribution in [0, 0.1) is 0 Å². The predicted octanol–water partition coefficient (Wildman–Crippen LogP) is 2.37. The molecule has 1 atom stereocenters. The van der Waals surface area contributed by atoms with Gasteiger partial charge in [-0.2, -0.15) is 23.8 Å². The van der Waals surface area contributed by atoms with E-state index in [-0.39, 0.29) is 0 Å². The fourth-order valence-corrected chi connectivity index (χ4v) is 2.13. The van der Waals surface area contributed by atoms with Gasteiger partial charge in [-0.1, -0.05) is 12.1 Å². The molecule has 86 valence electrons. The first-order valence-electron chi connectivity index (χ1n) is 5.58. The molecule has 1 heterocycles. The van der Waals surface area contributed by atoms with E-state index in [1.807, 2.05) is 60.1 Å². The minimum Gasteiger partial charge on any atom is -0.394 e. The van der Waals surface area contributed by atoms with Gasteiger partial charge >= 0.3 is 0 Å². The molecular weight excluding hydrogens is 212 g/mol. The van der Waals surface area contributed by atoms with Crippen molar-refractivity contribution in [2.75, 3.05) is 0 Å². The van der Waals surface area contributed by atoms with Crippen LogP contribution < -0.4 is 0 Å². The highest BCUT2D eigenvalue weighted by molar-refractivity contribution is 5.75. The highest BCUT2D eigenvalue weighted by atomic mass is 16.3. The molecule has 1 aromatic heterocycles. The lowest BCUT2D eigenvalue weighted by molar-refractivity contribution is 0.207. The van der Waals surface area contributed by atoms with Crippen LogP contribution >= 0.6 is 0 Å². The van der Waals surface area contributed by atoms with Gasteiger partial charge in [0.2, 0.25) is 0 Å². The van der Waals surface area contributed by atoms with Crippen LogP contribution in [0.15, 0.2) is 48.5 Å². The van der Waals surface area contributed by atoms with Crippen LogP contribution in [0.2, 0.25) is 0 Å². The van der Waals surface area contributed by atoms with Crippen LogP contribution in [-0.2, 0) is 7.05 Å². The fourth-order valence-electron chi connectivity index (χ4n) is 2.13. The van der Waals surface area contributed by atoms with Crippen LogP contribution in [-0.4, -0.2) is 14.7 Å². The van der Waals surface area contributed by atoms with Crippen molar-refractivity contribution in [2.45, 2.75) is 6.10 Å². The maximum absolute atomic E-state index is 10.3. The Bertz CT molecular complexity index is 637. The topological polar surface area (TPSA) is 38.0 Å². The monoisotopic (exact) mass is 225 g/mol. The molecule has 0 fully saturated rings. The van der Waals surface area contributed by atoms with Crippen molar-refractivity contribution in [3.8, 4) is 0 Å². The van der Waals surface area contributed by atoms with Crippen LogP contribution in [0.4, 0.5) is 0 Å². The molecule has 3 rings (SSSR count). The first kappa shape index (κ1) is 10.2. The van der Waals surface area contributed by atoms with E-state index in [2.05, 4.69) is 4.98 Å². The number of rotatable bonds is 2. The van der Waals surface area contributed by atoms with E-state index in [0.717, 1.165) is 16.6 Å². The van der Waals surface area contributed by atoms with Gasteiger partial charge in [0.15, 0.2) is 0 Å². The summed E-state index contributed by atoms with van der Waals surface area (Å²) in [5.74, 6) is 0.678. The summed E-state index contributed by atoms with van der Waals surface area (Å²) in [6.45, 7) is 0. The Balaban J connectivity index is 2.15. The Morgan fingerprint density at radius 1 is 1.29 bits per heavy atom. The Hall–Kier alpha value is -2.00. The molecule has 0 radical (unpaired) electrons. The number of aliphatic hydroxyl groups excluding tert-OH is 1. The van der Waals surface area contributed by atoms with Crippen molar-refractivity contribution in [3.05, 3.63) is 59.9 Å². The second kappa shape index (κ2) is 3.79. The predicted molar refractivity (Wildman–Crippen MR) is 66.8 cm³/mol. The van der Waals surface area contributed by atoms with Crippen molar-refractivity contribution >= 4 is 11.0 Å². The Morgan fingerprint density at radius 2 is 2.12 bits per heavy atom. The van der Waals surface area contributed by atoms with E-state index in [9.17, 15) is 5.11 Å². The maximum Gasteiger partial charge on any atom is 0.130 e. The molecule has 2 aromatic carbocycles. The number of para-hydroxylation sites is 2.